The molecule has 1 rings (SSSR count). The van der Waals surface area contributed by atoms with Gasteiger partial charge in [-0.2, -0.15) is 8.42 Å². The highest BCUT2D eigenvalue weighted by molar-refractivity contribution is 8.04. The predicted molar refractivity (Wildman–Crippen MR) is 66.9 cm³/mol. The van der Waals surface area contributed by atoms with Crippen LogP contribution < -0.4 is 0 Å². The van der Waals surface area contributed by atoms with E-state index in [1.54, 1.807) is 6.92 Å². The van der Waals surface area contributed by atoms with E-state index in [-0.39, 0.29) is 0 Å². The molecule has 0 aliphatic rings. The van der Waals surface area contributed by atoms with Gasteiger partial charge in [-0.25, -0.2) is 0 Å². The van der Waals surface area contributed by atoms with Gasteiger partial charge in [0.15, 0.2) is 0 Å². The largest absolute Gasteiger partial charge is 0.468 e. The van der Waals surface area contributed by atoms with Crippen molar-refractivity contribution in [2.45, 2.75) is 6.92 Å². The maximum atomic E-state index is 9.41. The molecule has 0 fully saturated rings. The van der Waals surface area contributed by atoms with E-state index in [0.29, 0.717) is 13.1 Å². The first-order valence-corrected chi connectivity index (χ1v) is 6.40. The van der Waals surface area contributed by atoms with Crippen molar-refractivity contribution in [2.24, 2.45) is 0 Å². The molecule has 0 bridgehead atoms. The highest BCUT2D eigenvalue weighted by Crippen LogP contribution is 1.90. The molecular weight excluding hydrogens is 284 g/mol. The second kappa shape index (κ2) is 12.0. The second-order valence-electron chi connectivity index (χ2n) is 2.42. The number of halogens is 1. The first-order chi connectivity index (χ1) is 8.36. The van der Waals surface area contributed by atoms with Crippen molar-refractivity contribution in [3.8, 4) is 0 Å². The Morgan fingerprint density at radius 2 is 1.50 bits per heavy atom. The molecule has 0 spiro atoms. The zero-order valence-corrected chi connectivity index (χ0v) is 11.1. The molecule has 0 unspecified atom stereocenters. The van der Waals surface area contributed by atoms with Crippen molar-refractivity contribution in [1.82, 2.24) is 0 Å². The second-order valence-corrected chi connectivity index (χ2v) is 4.31. The number of hydrogen-bond donors (Lipinski definition) is 1. The summed E-state index contributed by atoms with van der Waals surface area (Å²) in [5, 5.41) is 0. The van der Waals surface area contributed by atoms with Gasteiger partial charge in [-0.05, 0) is 18.5 Å². The third kappa shape index (κ3) is 17.0. The van der Waals surface area contributed by atoms with Crippen LogP contribution in [0.5, 0.6) is 0 Å². The Hall–Kier alpha value is -1.44. The lowest BCUT2D eigenvalue weighted by molar-refractivity contribution is -0.128. The number of carbonyl (C=O) groups excluding carboxylic acids is 2. The van der Waals surface area contributed by atoms with Crippen LogP contribution in [-0.4, -0.2) is 30.6 Å². The molecule has 0 aliphatic carbocycles. The first-order valence-electron chi connectivity index (χ1n) is 4.58. The van der Waals surface area contributed by atoms with Gasteiger partial charge in [-0.15, -0.1) is 0 Å². The third-order valence-electron chi connectivity index (χ3n) is 1.10. The van der Waals surface area contributed by atoms with Gasteiger partial charge < -0.3 is 4.74 Å². The molecule has 0 atom stereocenters. The van der Waals surface area contributed by atoms with Gasteiger partial charge in [0, 0.05) is 0 Å². The normalized spacial score (nSPS) is 8.83. The summed E-state index contributed by atoms with van der Waals surface area (Å²) in [6.07, 6.45) is 0. The molecule has 0 aromatic heterocycles. The lowest BCUT2D eigenvalue weighted by Crippen LogP contribution is -2.02. The molecule has 8 heteroatoms. The van der Waals surface area contributed by atoms with Crippen LogP contribution in [0.4, 0.5) is 4.79 Å². The van der Waals surface area contributed by atoms with Gasteiger partial charge in [-0.3, -0.25) is 14.1 Å². The minimum absolute atomic E-state index is 0.431. The maximum absolute atomic E-state index is 9.41. The fraction of sp³-hybridized carbons (Fsp3) is 0.200. The average molecular weight is 297 g/mol. The summed E-state index contributed by atoms with van der Waals surface area (Å²) in [5.41, 5.74) is 0. The van der Waals surface area contributed by atoms with Crippen LogP contribution in [0.15, 0.2) is 36.4 Å². The average Bonchev–Trinajstić information content (AvgIpc) is 2.32. The third-order valence-corrected chi connectivity index (χ3v) is 2.09. The van der Waals surface area contributed by atoms with Crippen LogP contribution in [-0.2, 0) is 19.6 Å². The Kier molecular flexibility index (Phi) is 12.6. The highest BCUT2D eigenvalue weighted by atomic mass is 35.5. The molecule has 0 aliphatic heterocycles. The molecule has 1 aromatic rings. The van der Waals surface area contributed by atoms with E-state index in [0.717, 1.165) is 0 Å². The number of carbonyl (C=O) groups is 2. The first kappa shape index (κ1) is 18.9. The molecule has 18 heavy (non-hydrogen) atoms. The fourth-order valence-corrected chi connectivity index (χ4v) is 0.453. The van der Waals surface area contributed by atoms with E-state index in [9.17, 15) is 18.0 Å². The Labute approximate surface area is 110 Å². The van der Waals surface area contributed by atoms with Gasteiger partial charge in [0.25, 0.3) is 6.47 Å². The van der Waals surface area contributed by atoms with E-state index in [2.05, 4.69) is 16.3 Å². The Morgan fingerprint density at radius 3 is 1.56 bits per heavy atom. The minimum atomic E-state index is -4.61. The van der Waals surface area contributed by atoms with E-state index in [4.69, 9.17) is 4.55 Å². The molecule has 1 aromatic carbocycles. The standard InChI is InChI=1S/C6H6.C3H6O2.CHClO4S/c1-2-4-6-5-3-1;1-2-5-3-4;2-1(3)7(4,5)6/h1-6H;3H,2H2,1H3;(H,4,5,6). The highest BCUT2D eigenvalue weighted by Gasteiger charge is 2.12. The van der Waals surface area contributed by atoms with E-state index >= 15 is 0 Å². The molecule has 0 saturated carbocycles. The zero-order valence-electron chi connectivity index (χ0n) is 9.52. The van der Waals surface area contributed by atoms with Crippen molar-refractivity contribution in [2.75, 3.05) is 6.61 Å². The predicted octanol–water partition coefficient (Wildman–Crippen LogP) is 2.10. The molecule has 0 amide bonds. The zero-order chi connectivity index (χ0) is 14.4. The van der Waals surface area contributed by atoms with Crippen LogP contribution in [0.3, 0.4) is 0 Å². The summed E-state index contributed by atoms with van der Waals surface area (Å²) in [6.45, 7) is 2.66. The lowest BCUT2D eigenvalue weighted by atomic mass is 10.4. The van der Waals surface area contributed by atoms with Gasteiger partial charge in [0.2, 0.25) is 0 Å². The van der Waals surface area contributed by atoms with Gasteiger partial charge >= 0.3 is 14.7 Å². The summed E-state index contributed by atoms with van der Waals surface area (Å²) in [7, 11) is -4.61. The molecule has 1 N–H and O–H groups in total. The van der Waals surface area contributed by atoms with Gasteiger partial charge in [0.1, 0.15) is 0 Å². The number of hydrogen-bond acceptors (Lipinski definition) is 5. The Morgan fingerprint density at radius 1 is 1.22 bits per heavy atom. The van der Waals surface area contributed by atoms with Crippen LogP contribution in [0.2, 0.25) is 0 Å². The molecule has 102 valence electrons. The smallest absolute Gasteiger partial charge is 0.363 e. The molecule has 0 saturated heterocycles. The van der Waals surface area contributed by atoms with Crippen molar-refractivity contribution in [3.63, 3.8) is 0 Å². The summed E-state index contributed by atoms with van der Waals surface area (Å²) in [5.74, 6) is 0. The monoisotopic (exact) mass is 296 g/mol. The van der Waals surface area contributed by atoms with Crippen molar-refractivity contribution < 1.29 is 27.3 Å². The SMILES string of the molecule is CCOC=O.O=C(Cl)S(=O)(=O)O.c1ccccc1. The van der Waals surface area contributed by atoms with Crippen LogP contribution in [0.25, 0.3) is 0 Å². The number of ether oxygens (including phenoxy) is 1. The lowest BCUT2D eigenvalue weighted by Gasteiger charge is -1.79. The summed E-state index contributed by atoms with van der Waals surface area (Å²) < 4.78 is 28.8. The van der Waals surface area contributed by atoms with Crippen molar-refractivity contribution >= 4 is 32.8 Å². The van der Waals surface area contributed by atoms with E-state index in [1.807, 2.05) is 36.4 Å². The molecular formula is C10H13ClO6S. The number of rotatable bonds is 2. The Bertz CT molecular complexity index is 391. The van der Waals surface area contributed by atoms with Gasteiger partial charge in [-0.1, -0.05) is 36.4 Å². The van der Waals surface area contributed by atoms with Gasteiger partial charge in [0.05, 0.1) is 6.61 Å². The topological polar surface area (TPSA) is 97.7 Å². The quantitative estimate of drug-likeness (QED) is 0.510. The summed E-state index contributed by atoms with van der Waals surface area (Å²) in [4.78, 5) is 18.6. The number of benzene rings is 1. The summed E-state index contributed by atoms with van der Waals surface area (Å²) >= 11 is 4.28. The van der Waals surface area contributed by atoms with E-state index in [1.165, 1.54) is 0 Å². The van der Waals surface area contributed by atoms with Crippen molar-refractivity contribution in [3.05, 3.63) is 36.4 Å². The van der Waals surface area contributed by atoms with Crippen molar-refractivity contribution in [1.29, 1.82) is 0 Å². The fourth-order valence-electron chi connectivity index (χ4n) is 0.453. The van der Waals surface area contributed by atoms with Crippen LogP contribution in [0.1, 0.15) is 6.92 Å². The summed E-state index contributed by atoms with van der Waals surface area (Å²) in [6, 6.07) is 12.0. The van der Waals surface area contributed by atoms with Crippen LogP contribution in [0, 0.1) is 0 Å². The molecule has 0 heterocycles. The minimum Gasteiger partial charge on any atom is -0.468 e. The van der Waals surface area contributed by atoms with Crippen LogP contribution >= 0.6 is 11.6 Å². The van der Waals surface area contributed by atoms with E-state index < -0.39 is 14.7 Å². The molecule has 0 radical (unpaired) electrons. The molecule has 6 nitrogen and oxygen atoms in total. The Balaban J connectivity index is 0. The maximum Gasteiger partial charge on any atom is 0.363 e.